The molecule has 1 aromatic heterocycles. The van der Waals surface area contributed by atoms with E-state index < -0.39 is 0 Å². The maximum absolute atomic E-state index is 12.1. The standard InChI is InChI=1S/C16H18N2O4/c1-20-13-6-3-10(7-15(13)21-2)9-17-16(19)12-8-14(22-18-12)11-4-5-11/h3,6-8,11H,4-5,9H2,1-2H3,(H,17,19). The summed E-state index contributed by atoms with van der Waals surface area (Å²) in [4.78, 5) is 12.1. The quantitative estimate of drug-likeness (QED) is 0.887. The van der Waals surface area contributed by atoms with Gasteiger partial charge >= 0.3 is 0 Å². The van der Waals surface area contributed by atoms with Gasteiger partial charge in [0.25, 0.3) is 5.91 Å². The van der Waals surface area contributed by atoms with E-state index in [9.17, 15) is 4.79 Å². The van der Waals surface area contributed by atoms with Crippen LogP contribution in [0.15, 0.2) is 28.8 Å². The van der Waals surface area contributed by atoms with Crippen LogP contribution in [-0.4, -0.2) is 25.3 Å². The van der Waals surface area contributed by atoms with Gasteiger partial charge in [-0.3, -0.25) is 4.79 Å². The van der Waals surface area contributed by atoms with Crippen LogP contribution in [0.4, 0.5) is 0 Å². The van der Waals surface area contributed by atoms with Crippen molar-refractivity contribution in [2.24, 2.45) is 0 Å². The number of aromatic nitrogens is 1. The number of nitrogens with one attached hydrogen (secondary N) is 1. The summed E-state index contributed by atoms with van der Waals surface area (Å²) in [7, 11) is 3.16. The van der Waals surface area contributed by atoms with E-state index in [-0.39, 0.29) is 5.91 Å². The number of nitrogens with zero attached hydrogens (tertiary/aromatic N) is 1. The van der Waals surface area contributed by atoms with Crippen LogP contribution in [0, 0.1) is 0 Å². The zero-order valence-electron chi connectivity index (χ0n) is 12.6. The minimum atomic E-state index is -0.245. The van der Waals surface area contributed by atoms with Crippen LogP contribution in [0.5, 0.6) is 11.5 Å². The number of carbonyl (C=O) groups is 1. The second kappa shape index (κ2) is 6.09. The Kier molecular flexibility index (Phi) is 4.00. The first-order valence-corrected chi connectivity index (χ1v) is 7.17. The third kappa shape index (κ3) is 3.05. The SMILES string of the molecule is COc1ccc(CNC(=O)c2cc(C3CC3)on2)cc1OC. The number of hydrogen-bond donors (Lipinski definition) is 1. The zero-order chi connectivity index (χ0) is 15.5. The fraction of sp³-hybridized carbons (Fsp3) is 0.375. The summed E-state index contributed by atoms with van der Waals surface area (Å²) in [5.41, 5.74) is 1.24. The molecule has 22 heavy (non-hydrogen) atoms. The van der Waals surface area contributed by atoms with Gasteiger partial charge in [-0.15, -0.1) is 0 Å². The molecule has 1 heterocycles. The molecule has 3 rings (SSSR count). The molecule has 6 heteroatoms. The number of carbonyl (C=O) groups excluding carboxylic acids is 1. The molecule has 1 amide bonds. The monoisotopic (exact) mass is 302 g/mol. The maximum Gasteiger partial charge on any atom is 0.273 e. The fourth-order valence-electron chi connectivity index (χ4n) is 2.22. The first-order chi connectivity index (χ1) is 10.7. The third-order valence-corrected chi connectivity index (χ3v) is 3.64. The first kappa shape index (κ1) is 14.4. The lowest BCUT2D eigenvalue weighted by molar-refractivity contribution is 0.0941. The van der Waals surface area contributed by atoms with Crippen molar-refractivity contribution < 1.29 is 18.8 Å². The minimum absolute atomic E-state index is 0.245. The topological polar surface area (TPSA) is 73.6 Å². The van der Waals surface area contributed by atoms with E-state index in [1.165, 1.54) is 0 Å². The first-order valence-electron chi connectivity index (χ1n) is 7.17. The van der Waals surface area contributed by atoms with E-state index in [4.69, 9.17) is 14.0 Å². The van der Waals surface area contributed by atoms with Gasteiger partial charge in [0.2, 0.25) is 0 Å². The number of benzene rings is 1. The highest BCUT2D eigenvalue weighted by molar-refractivity contribution is 5.92. The molecule has 1 aromatic carbocycles. The smallest absolute Gasteiger partial charge is 0.273 e. The molecule has 0 radical (unpaired) electrons. The fourth-order valence-corrected chi connectivity index (χ4v) is 2.22. The molecule has 1 aliphatic rings. The molecule has 0 bridgehead atoms. The lowest BCUT2D eigenvalue weighted by atomic mass is 10.2. The zero-order valence-corrected chi connectivity index (χ0v) is 12.6. The Bertz CT molecular complexity index is 677. The van der Waals surface area contributed by atoms with Crippen molar-refractivity contribution in [2.75, 3.05) is 14.2 Å². The third-order valence-electron chi connectivity index (χ3n) is 3.64. The van der Waals surface area contributed by atoms with Gasteiger partial charge in [0.1, 0.15) is 5.76 Å². The van der Waals surface area contributed by atoms with Crippen molar-refractivity contribution in [3.05, 3.63) is 41.3 Å². The van der Waals surface area contributed by atoms with E-state index in [1.54, 1.807) is 20.3 Å². The van der Waals surface area contributed by atoms with Crippen molar-refractivity contribution in [3.8, 4) is 11.5 Å². The van der Waals surface area contributed by atoms with Crippen LogP contribution in [0.2, 0.25) is 0 Å². The molecule has 0 saturated heterocycles. The van der Waals surface area contributed by atoms with Crippen LogP contribution in [0.3, 0.4) is 0 Å². The Hall–Kier alpha value is -2.50. The Morgan fingerprint density at radius 2 is 2.05 bits per heavy atom. The molecular weight excluding hydrogens is 284 g/mol. The molecule has 0 unspecified atom stereocenters. The molecule has 0 aliphatic heterocycles. The molecule has 1 aliphatic carbocycles. The second-order valence-electron chi connectivity index (χ2n) is 5.26. The lowest BCUT2D eigenvalue weighted by Gasteiger charge is -2.09. The van der Waals surface area contributed by atoms with Gasteiger partial charge < -0.3 is 19.3 Å². The summed E-state index contributed by atoms with van der Waals surface area (Å²) in [5.74, 6) is 2.29. The predicted molar refractivity (Wildman–Crippen MR) is 79.2 cm³/mol. The lowest BCUT2D eigenvalue weighted by Crippen LogP contribution is -2.23. The van der Waals surface area contributed by atoms with E-state index in [0.717, 1.165) is 24.2 Å². The van der Waals surface area contributed by atoms with Gasteiger partial charge in [-0.1, -0.05) is 11.2 Å². The summed E-state index contributed by atoms with van der Waals surface area (Å²) < 4.78 is 15.6. The molecule has 6 nitrogen and oxygen atoms in total. The van der Waals surface area contributed by atoms with Gasteiger partial charge in [-0.05, 0) is 30.5 Å². The van der Waals surface area contributed by atoms with Crippen molar-refractivity contribution >= 4 is 5.91 Å². The molecule has 116 valence electrons. The molecule has 0 atom stereocenters. The van der Waals surface area contributed by atoms with Crippen molar-refractivity contribution in [1.29, 1.82) is 0 Å². The van der Waals surface area contributed by atoms with Gasteiger partial charge in [-0.25, -0.2) is 0 Å². The maximum atomic E-state index is 12.1. The van der Waals surface area contributed by atoms with Gasteiger partial charge in [-0.2, -0.15) is 0 Å². The Labute approximate surface area is 128 Å². The predicted octanol–water partition coefficient (Wildman–Crippen LogP) is 2.50. The van der Waals surface area contributed by atoms with Gasteiger partial charge in [0.15, 0.2) is 17.2 Å². The Morgan fingerprint density at radius 1 is 1.27 bits per heavy atom. The summed E-state index contributed by atoms with van der Waals surface area (Å²) in [6, 6.07) is 7.24. The van der Waals surface area contributed by atoms with Gasteiger partial charge in [0, 0.05) is 18.5 Å². The van der Waals surface area contributed by atoms with E-state index in [2.05, 4.69) is 10.5 Å². The van der Waals surface area contributed by atoms with Crippen molar-refractivity contribution in [1.82, 2.24) is 10.5 Å². The Morgan fingerprint density at radius 3 is 2.73 bits per heavy atom. The van der Waals surface area contributed by atoms with Gasteiger partial charge in [0.05, 0.1) is 14.2 Å². The van der Waals surface area contributed by atoms with Crippen molar-refractivity contribution in [2.45, 2.75) is 25.3 Å². The average molecular weight is 302 g/mol. The van der Waals surface area contributed by atoms with E-state index in [1.807, 2.05) is 18.2 Å². The summed E-state index contributed by atoms with van der Waals surface area (Å²) in [6.07, 6.45) is 2.23. The van der Waals surface area contributed by atoms with Crippen LogP contribution in [0.1, 0.15) is 40.6 Å². The van der Waals surface area contributed by atoms with Crippen LogP contribution in [-0.2, 0) is 6.54 Å². The number of methoxy groups -OCH3 is 2. The number of ether oxygens (including phenoxy) is 2. The highest BCUT2D eigenvalue weighted by Gasteiger charge is 2.28. The van der Waals surface area contributed by atoms with Crippen LogP contribution in [0.25, 0.3) is 0 Å². The van der Waals surface area contributed by atoms with E-state index >= 15 is 0 Å². The number of amides is 1. The normalized spacial score (nSPS) is 13.7. The molecule has 1 N–H and O–H groups in total. The molecule has 1 saturated carbocycles. The summed E-state index contributed by atoms with van der Waals surface area (Å²) in [6.45, 7) is 0.380. The Balaban J connectivity index is 1.62. The van der Waals surface area contributed by atoms with Crippen molar-refractivity contribution in [3.63, 3.8) is 0 Å². The molecule has 2 aromatic rings. The second-order valence-corrected chi connectivity index (χ2v) is 5.26. The van der Waals surface area contributed by atoms with Crippen LogP contribution < -0.4 is 14.8 Å². The highest BCUT2D eigenvalue weighted by Crippen LogP contribution is 2.40. The number of hydrogen-bond acceptors (Lipinski definition) is 5. The average Bonchev–Trinajstić information content (AvgIpc) is 3.29. The summed E-state index contributed by atoms with van der Waals surface area (Å²) >= 11 is 0. The number of rotatable bonds is 6. The largest absolute Gasteiger partial charge is 0.493 e. The molecule has 1 fully saturated rings. The van der Waals surface area contributed by atoms with E-state index in [0.29, 0.717) is 29.7 Å². The van der Waals surface area contributed by atoms with Crippen LogP contribution >= 0.6 is 0 Å². The highest BCUT2D eigenvalue weighted by atomic mass is 16.5. The minimum Gasteiger partial charge on any atom is -0.493 e. The molecular formula is C16H18N2O4. The molecule has 0 spiro atoms. The summed E-state index contributed by atoms with van der Waals surface area (Å²) in [5, 5.41) is 6.64.